The van der Waals surface area contributed by atoms with Crippen LogP contribution in [0.4, 0.5) is 4.39 Å². The van der Waals surface area contributed by atoms with Crippen LogP contribution in [-0.2, 0) is 0 Å². The lowest BCUT2D eigenvalue weighted by molar-refractivity contribution is 0.0935. The Morgan fingerprint density at radius 1 is 1.24 bits per heavy atom. The Labute approximate surface area is 153 Å². The number of halogens is 2. The molecule has 1 heterocycles. The molecule has 132 valence electrons. The second kappa shape index (κ2) is 7.31. The fourth-order valence-corrected chi connectivity index (χ4v) is 3.24. The van der Waals surface area contributed by atoms with Crippen molar-refractivity contribution < 1.29 is 23.4 Å². The fourth-order valence-electron chi connectivity index (χ4n) is 2.57. The van der Waals surface area contributed by atoms with E-state index in [1.165, 1.54) is 19.2 Å². The van der Waals surface area contributed by atoms with Crippen LogP contribution in [0, 0.1) is 5.82 Å². The highest BCUT2D eigenvalue weighted by molar-refractivity contribution is 9.10. The van der Waals surface area contributed by atoms with E-state index >= 15 is 0 Å². The summed E-state index contributed by atoms with van der Waals surface area (Å²) < 4.78 is 30.9. The Kier molecular flexibility index (Phi) is 5.13. The largest absolute Gasteiger partial charge is 0.497 e. The second-order valence-corrected chi connectivity index (χ2v) is 6.41. The third-order valence-corrected chi connectivity index (χ3v) is 4.58. The molecule has 1 atom stereocenters. The first-order valence-corrected chi connectivity index (χ1v) is 8.52. The minimum absolute atomic E-state index is 0.0404. The molecule has 7 heteroatoms. The Hall–Kier alpha value is -2.28. The maximum atomic E-state index is 14.1. The van der Waals surface area contributed by atoms with Crippen LogP contribution in [-0.4, -0.2) is 26.2 Å². The number of carbonyl (C=O) groups is 1. The minimum atomic E-state index is -0.634. The Morgan fingerprint density at radius 3 is 2.56 bits per heavy atom. The van der Waals surface area contributed by atoms with Crippen LogP contribution in [0.3, 0.4) is 0 Å². The molecule has 1 aliphatic heterocycles. The number of hydrogen-bond donors (Lipinski definition) is 1. The first kappa shape index (κ1) is 17.5. The zero-order valence-electron chi connectivity index (χ0n) is 13.8. The lowest BCUT2D eigenvalue weighted by Gasteiger charge is -2.22. The van der Waals surface area contributed by atoms with Gasteiger partial charge in [-0.2, -0.15) is 0 Å². The number of rotatable bonds is 4. The molecule has 5 nitrogen and oxygen atoms in total. The summed E-state index contributed by atoms with van der Waals surface area (Å²) in [5.74, 6) is 0.499. The van der Waals surface area contributed by atoms with Crippen molar-refractivity contribution in [3.8, 4) is 17.2 Å². The minimum Gasteiger partial charge on any atom is -0.497 e. The normalized spacial score (nSPS) is 13.9. The molecule has 0 fully saturated rings. The summed E-state index contributed by atoms with van der Waals surface area (Å²) in [5.41, 5.74) is 0.771. The summed E-state index contributed by atoms with van der Waals surface area (Å²) in [6, 6.07) is 7.38. The van der Waals surface area contributed by atoms with Crippen LogP contribution < -0.4 is 19.5 Å². The lowest BCUT2D eigenvalue weighted by atomic mass is 10.1. The number of ether oxygens (including phenoxy) is 3. The average molecular weight is 410 g/mol. The zero-order valence-corrected chi connectivity index (χ0v) is 15.4. The van der Waals surface area contributed by atoms with Gasteiger partial charge in [-0.3, -0.25) is 4.79 Å². The van der Waals surface area contributed by atoms with E-state index in [4.69, 9.17) is 14.2 Å². The summed E-state index contributed by atoms with van der Waals surface area (Å²) >= 11 is 3.48. The van der Waals surface area contributed by atoms with Crippen molar-refractivity contribution in [1.29, 1.82) is 0 Å². The highest BCUT2D eigenvalue weighted by atomic mass is 79.9. The predicted molar refractivity (Wildman–Crippen MR) is 94.0 cm³/mol. The van der Waals surface area contributed by atoms with Gasteiger partial charge in [0.15, 0.2) is 11.5 Å². The van der Waals surface area contributed by atoms with Crippen molar-refractivity contribution in [3.63, 3.8) is 0 Å². The molecule has 0 saturated heterocycles. The molecule has 1 amide bonds. The van der Waals surface area contributed by atoms with Crippen molar-refractivity contribution in [2.75, 3.05) is 20.3 Å². The molecule has 0 aliphatic carbocycles. The number of nitrogens with one attached hydrogen (secondary N) is 1. The number of methoxy groups -OCH3 is 1. The van der Waals surface area contributed by atoms with Crippen molar-refractivity contribution in [2.45, 2.75) is 13.0 Å². The number of carbonyl (C=O) groups excluding carboxylic acids is 1. The van der Waals surface area contributed by atoms with Gasteiger partial charge in [-0.15, -0.1) is 0 Å². The van der Waals surface area contributed by atoms with Crippen LogP contribution in [0.25, 0.3) is 0 Å². The summed E-state index contributed by atoms with van der Waals surface area (Å²) in [4.78, 5) is 12.4. The van der Waals surface area contributed by atoms with E-state index in [1.54, 1.807) is 12.1 Å². The zero-order chi connectivity index (χ0) is 18.0. The van der Waals surface area contributed by atoms with Crippen molar-refractivity contribution >= 4 is 21.8 Å². The van der Waals surface area contributed by atoms with E-state index in [9.17, 15) is 9.18 Å². The first-order chi connectivity index (χ1) is 12.0. The Balaban J connectivity index is 1.80. The molecule has 3 rings (SSSR count). The summed E-state index contributed by atoms with van der Waals surface area (Å²) in [6.07, 6.45) is 0. The number of hydrogen-bond acceptors (Lipinski definition) is 4. The second-order valence-electron chi connectivity index (χ2n) is 5.56. The van der Waals surface area contributed by atoms with Gasteiger partial charge < -0.3 is 19.5 Å². The maximum Gasteiger partial charge on any atom is 0.254 e. The quantitative estimate of drug-likeness (QED) is 0.832. The van der Waals surface area contributed by atoms with E-state index in [1.807, 2.05) is 13.0 Å². The van der Waals surface area contributed by atoms with Crippen molar-refractivity contribution in [3.05, 3.63) is 51.7 Å². The molecule has 0 spiro atoms. The van der Waals surface area contributed by atoms with Gasteiger partial charge in [-0.05, 0) is 36.8 Å². The van der Waals surface area contributed by atoms with Crippen LogP contribution in [0.5, 0.6) is 17.2 Å². The van der Waals surface area contributed by atoms with E-state index in [-0.39, 0.29) is 11.6 Å². The fraction of sp³-hybridized carbons (Fsp3) is 0.278. The van der Waals surface area contributed by atoms with Crippen molar-refractivity contribution in [1.82, 2.24) is 5.32 Å². The van der Waals surface area contributed by atoms with Crippen LogP contribution in [0.2, 0.25) is 0 Å². The van der Waals surface area contributed by atoms with Gasteiger partial charge >= 0.3 is 0 Å². The van der Waals surface area contributed by atoms with Gasteiger partial charge in [0.05, 0.1) is 18.7 Å². The van der Waals surface area contributed by atoms with Crippen LogP contribution in [0.1, 0.15) is 28.9 Å². The van der Waals surface area contributed by atoms with E-state index in [0.717, 1.165) is 10.0 Å². The molecule has 0 radical (unpaired) electrons. The van der Waals surface area contributed by atoms with E-state index in [2.05, 4.69) is 21.2 Å². The molecular formula is C18H17BrFNO4. The average Bonchev–Trinajstić information content (AvgIpc) is 2.60. The molecule has 25 heavy (non-hydrogen) atoms. The monoisotopic (exact) mass is 409 g/mol. The highest BCUT2D eigenvalue weighted by Gasteiger charge is 2.21. The standard InChI is InChI=1S/C18H17BrFNO4/c1-10(13-8-16-17(9-14(13)19)25-6-5-24-16)21-18(22)12-4-3-11(23-2)7-15(12)20/h3-4,7-10H,5-6H2,1-2H3,(H,21,22). The molecule has 0 bridgehead atoms. The van der Waals surface area contributed by atoms with Crippen LogP contribution >= 0.6 is 15.9 Å². The topological polar surface area (TPSA) is 56.8 Å². The van der Waals surface area contributed by atoms with E-state index < -0.39 is 11.7 Å². The van der Waals surface area contributed by atoms with Gasteiger partial charge in [-0.25, -0.2) is 4.39 Å². The molecule has 2 aromatic carbocycles. The summed E-state index contributed by atoms with van der Waals surface area (Å²) in [5, 5.41) is 2.79. The van der Waals surface area contributed by atoms with Crippen molar-refractivity contribution in [2.24, 2.45) is 0 Å². The van der Waals surface area contributed by atoms with Gasteiger partial charge in [0.25, 0.3) is 5.91 Å². The summed E-state index contributed by atoms with van der Waals surface area (Å²) in [6.45, 7) is 2.79. The smallest absolute Gasteiger partial charge is 0.254 e. The number of amides is 1. The number of fused-ring (bicyclic) bond motifs is 1. The maximum absolute atomic E-state index is 14.1. The SMILES string of the molecule is COc1ccc(C(=O)NC(C)c2cc3c(cc2Br)OCCO3)c(F)c1. The molecule has 1 N–H and O–H groups in total. The molecule has 1 aliphatic rings. The molecule has 1 unspecified atom stereocenters. The van der Waals surface area contributed by atoms with E-state index in [0.29, 0.717) is 30.5 Å². The third kappa shape index (κ3) is 3.71. The summed E-state index contributed by atoms with van der Waals surface area (Å²) in [7, 11) is 1.44. The Bertz CT molecular complexity index is 812. The van der Waals surface area contributed by atoms with Gasteiger partial charge in [0.2, 0.25) is 0 Å². The number of benzene rings is 2. The molecular weight excluding hydrogens is 393 g/mol. The van der Waals surface area contributed by atoms with Gasteiger partial charge in [-0.1, -0.05) is 15.9 Å². The van der Waals surface area contributed by atoms with Gasteiger partial charge in [0, 0.05) is 10.5 Å². The molecule has 0 aromatic heterocycles. The predicted octanol–water partition coefficient (Wildman–Crippen LogP) is 3.86. The highest BCUT2D eigenvalue weighted by Crippen LogP contribution is 2.37. The van der Waals surface area contributed by atoms with Gasteiger partial charge in [0.1, 0.15) is 24.8 Å². The van der Waals surface area contributed by atoms with Crippen LogP contribution in [0.15, 0.2) is 34.8 Å². The Morgan fingerprint density at radius 2 is 1.92 bits per heavy atom. The molecule has 0 saturated carbocycles. The molecule has 2 aromatic rings. The lowest BCUT2D eigenvalue weighted by Crippen LogP contribution is -2.28. The first-order valence-electron chi connectivity index (χ1n) is 7.73. The third-order valence-electron chi connectivity index (χ3n) is 3.90.